The van der Waals surface area contributed by atoms with E-state index in [1.165, 1.54) is 19.3 Å². The van der Waals surface area contributed by atoms with Crippen molar-refractivity contribution in [1.29, 1.82) is 0 Å². The molecular weight excluding hydrogens is 244 g/mol. The van der Waals surface area contributed by atoms with Gasteiger partial charge in [0.25, 0.3) is 0 Å². The van der Waals surface area contributed by atoms with Crippen LogP contribution in [0, 0.1) is 0 Å². The number of carbonyl (C=O) groups is 2. The van der Waals surface area contributed by atoms with Crippen molar-refractivity contribution in [2.45, 2.75) is 11.8 Å². The molecular formula is C15H12O4. The van der Waals surface area contributed by atoms with Crippen LogP contribution < -0.4 is 9.47 Å². The van der Waals surface area contributed by atoms with Crippen LogP contribution in [0.15, 0.2) is 42.5 Å². The molecule has 3 rings (SSSR count). The Morgan fingerprint density at radius 1 is 1.21 bits per heavy atom. The van der Waals surface area contributed by atoms with Gasteiger partial charge in [0.05, 0.1) is 13.5 Å². The number of ether oxygens (including phenoxy) is 2. The molecule has 0 fully saturated rings. The van der Waals surface area contributed by atoms with Gasteiger partial charge in [0.15, 0.2) is 17.3 Å². The normalized spacial score (nSPS) is 19.2. The van der Waals surface area contributed by atoms with E-state index in [0.717, 1.165) is 5.56 Å². The maximum absolute atomic E-state index is 11.8. The number of esters is 1. The molecule has 0 bridgehead atoms. The maximum atomic E-state index is 11.8. The highest BCUT2D eigenvalue weighted by Gasteiger charge is 2.40. The molecule has 1 spiro atoms. The summed E-state index contributed by atoms with van der Waals surface area (Å²) in [6.07, 6.45) is 6.68. The lowest BCUT2D eigenvalue weighted by molar-refractivity contribution is -0.136. The molecule has 0 saturated carbocycles. The number of carbonyl (C=O) groups excluding carboxylic acids is 2. The van der Waals surface area contributed by atoms with Crippen molar-refractivity contribution in [3.05, 3.63) is 48.1 Å². The molecule has 0 atom stereocenters. The second kappa shape index (κ2) is 4.09. The van der Waals surface area contributed by atoms with E-state index in [9.17, 15) is 9.59 Å². The Morgan fingerprint density at radius 2 is 1.95 bits per heavy atom. The zero-order valence-corrected chi connectivity index (χ0v) is 10.4. The number of methoxy groups -OCH3 is 1. The minimum atomic E-state index is -0.604. The van der Waals surface area contributed by atoms with Crippen molar-refractivity contribution in [2.24, 2.45) is 0 Å². The SMILES string of the molecule is COc1cccc2c1OC(=O)CC21C=CC(=O)C=C1. The van der Waals surface area contributed by atoms with Crippen LogP contribution in [0.2, 0.25) is 0 Å². The summed E-state index contributed by atoms with van der Waals surface area (Å²) < 4.78 is 10.5. The monoisotopic (exact) mass is 256 g/mol. The van der Waals surface area contributed by atoms with Crippen molar-refractivity contribution in [3.8, 4) is 11.5 Å². The van der Waals surface area contributed by atoms with Gasteiger partial charge in [-0.3, -0.25) is 9.59 Å². The van der Waals surface area contributed by atoms with E-state index in [0.29, 0.717) is 11.5 Å². The van der Waals surface area contributed by atoms with Crippen molar-refractivity contribution in [3.63, 3.8) is 0 Å². The van der Waals surface area contributed by atoms with Gasteiger partial charge in [-0.05, 0) is 18.2 Å². The van der Waals surface area contributed by atoms with Gasteiger partial charge < -0.3 is 9.47 Å². The van der Waals surface area contributed by atoms with Crippen LogP contribution in [0.5, 0.6) is 11.5 Å². The topological polar surface area (TPSA) is 52.6 Å². The summed E-state index contributed by atoms with van der Waals surface area (Å²) in [4.78, 5) is 23.1. The molecule has 1 aromatic rings. The number of rotatable bonds is 1. The van der Waals surface area contributed by atoms with Crippen LogP contribution in [0.3, 0.4) is 0 Å². The van der Waals surface area contributed by atoms with E-state index >= 15 is 0 Å². The van der Waals surface area contributed by atoms with Gasteiger partial charge in [-0.25, -0.2) is 0 Å². The minimum absolute atomic E-state index is 0.0750. The Balaban J connectivity index is 2.21. The number of fused-ring (bicyclic) bond motifs is 2. The quantitative estimate of drug-likeness (QED) is 0.569. The zero-order valence-electron chi connectivity index (χ0n) is 10.4. The average Bonchev–Trinajstić information content (AvgIpc) is 2.41. The fourth-order valence-electron chi connectivity index (χ4n) is 2.50. The second-order valence-corrected chi connectivity index (χ2v) is 4.60. The van der Waals surface area contributed by atoms with Crippen LogP contribution in [0.4, 0.5) is 0 Å². The average molecular weight is 256 g/mol. The van der Waals surface area contributed by atoms with Gasteiger partial charge in [0, 0.05) is 11.0 Å². The highest BCUT2D eigenvalue weighted by molar-refractivity contribution is 6.01. The van der Waals surface area contributed by atoms with Crippen LogP contribution in [-0.2, 0) is 15.0 Å². The lowest BCUT2D eigenvalue weighted by Gasteiger charge is -2.34. The summed E-state index contributed by atoms with van der Waals surface area (Å²) in [6, 6.07) is 5.47. The molecule has 1 aliphatic carbocycles. The third-order valence-corrected chi connectivity index (χ3v) is 3.44. The molecule has 4 heteroatoms. The first-order valence-corrected chi connectivity index (χ1v) is 5.95. The van der Waals surface area contributed by atoms with Crippen LogP contribution in [-0.4, -0.2) is 18.9 Å². The Labute approximate surface area is 110 Å². The number of para-hydroxylation sites is 1. The molecule has 19 heavy (non-hydrogen) atoms. The number of benzene rings is 1. The highest BCUT2D eigenvalue weighted by atomic mass is 16.6. The van der Waals surface area contributed by atoms with Crippen molar-refractivity contribution in [1.82, 2.24) is 0 Å². The molecule has 1 aromatic carbocycles. The van der Waals surface area contributed by atoms with Gasteiger partial charge in [-0.1, -0.05) is 24.3 Å². The Kier molecular flexibility index (Phi) is 2.52. The van der Waals surface area contributed by atoms with Gasteiger partial charge in [-0.15, -0.1) is 0 Å². The van der Waals surface area contributed by atoms with E-state index in [1.807, 2.05) is 12.1 Å². The zero-order chi connectivity index (χ0) is 13.5. The summed E-state index contributed by atoms with van der Waals surface area (Å²) in [7, 11) is 1.53. The summed E-state index contributed by atoms with van der Waals surface area (Å²) in [5.74, 6) is 0.545. The lowest BCUT2D eigenvalue weighted by Crippen LogP contribution is -2.34. The number of hydrogen-bond acceptors (Lipinski definition) is 4. The molecule has 4 nitrogen and oxygen atoms in total. The van der Waals surface area contributed by atoms with Crippen molar-refractivity contribution < 1.29 is 19.1 Å². The Morgan fingerprint density at radius 3 is 2.63 bits per heavy atom. The third-order valence-electron chi connectivity index (χ3n) is 3.44. The lowest BCUT2D eigenvalue weighted by atomic mass is 9.73. The van der Waals surface area contributed by atoms with Crippen LogP contribution >= 0.6 is 0 Å². The van der Waals surface area contributed by atoms with Crippen LogP contribution in [0.1, 0.15) is 12.0 Å². The van der Waals surface area contributed by atoms with Crippen LogP contribution in [0.25, 0.3) is 0 Å². The predicted octanol–water partition coefficient (Wildman–Crippen LogP) is 1.94. The second-order valence-electron chi connectivity index (χ2n) is 4.60. The van der Waals surface area contributed by atoms with Crippen molar-refractivity contribution >= 4 is 11.8 Å². The molecule has 96 valence electrons. The van der Waals surface area contributed by atoms with E-state index in [4.69, 9.17) is 9.47 Å². The number of hydrogen-bond donors (Lipinski definition) is 0. The van der Waals surface area contributed by atoms with Gasteiger partial charge in [0.1, 0.15) is 0 Å². The summed E-state index contributed by atoms with van der Waals surface area (Å²) in [5.41, 5.74) is 0.235. The summed E-state index contributed by atoms with van der Waals surface area (Å²) >= 11 is 0. The summed E-state index contributed by atoms with van der Waals surface area (Å²) in [5, 5.41) is 0. The fraction of sp³-hybridized carbons (Fsp3) is 0.200. The van der Waals surface area contributed by atoms with E-state index < -0.39 is 5.41 Å². The molecule has 0 N–H and O–H groups in total. The van der Waals surface area contributed by atoms with Crippen molar-refractivity contribution in [2.75, 3.05) is 7.11 Å². The van der Waals surface area contributed by atoms with Gasteiger partial charge >= 0.3 is 5.97 Å². The fourth-order valence-corrected chi connectivity index (χ4v) is 2.50. The first-order valence-electron chi connectivity index (χ1n) is 5.95. The molecule has 0 radical (unpaired) electrons. The molecule has 0 saturated heterocycles. The highest BCUT2D eigenvalue weighted by Crippen LogP contribution is 2.46. The summed E-state index contributed by atoms with van der Waals surface area (Å²) in [6.45, 7) is 0. The Bertz CT molecular complexity index is 609. The first-order chi connectivity index (χ1) is 9.14. The van der Waals surface area contributed by atoms with E-state index in [-0.39, 0.29) is 18.2 Å². The maximum Gasteiger partial charge on any atom is 0.312 e. The smallest absolute Gasteiger partial charge is 0.312 e. The standard InChI is InChI=1S/C15H12O4/c1-18-12-4-2-3-11-14(12)19-13(17)9-15(11)7-5-10(16)6-8-15/h2-8H,9H2,1H3. The van der Waals surface area contributed by atoms with Gasteiger partial charge in [0.2, 0.25) is 0 Å². The third kappa shape index (κ3) is 1.76. The molecule has 0 unspecified atom stereocenters. The number of allylic oxidation sites excluding steroid dienone is 4. The predicted molar refractivity (Wildman–Crippen MR) is 68.2 cm³/mol. The van der Waals surface area contributed by atoms with E-state index in [1.54, 1.807) is 18.2 Å². The Hall–Kier alpha value is -2.36. The van der Waals surface area contributed by atoms with Gasteiger partial charge in [-0.2, -0.15) is 0 Å². The molecule has 1 aliphatic heterocycles. The largest absolute Gasteiger partial charge is 0.493 e. The van der Waals surface area contributed by atoms with E-state index in [2.05, 4.69) is 0 Å². The first kappa shape index (κ1) is 11.7. The molecule has 2 aliphatic rings. The molecule has 0 aromatic heterocycles. The minimum Gasteiger partial charge on any atom is -0.493 e. The number of ketones is 1. The molecule has 0 amide bonds. The molecule has 1 heterocycles.